The highest BCUT2D eigenvalue weighted by molar-refractivity contribution is 6.33. The van der Waals surface area contributed by atoms with Crippen LogP contribution in [0.1, 0.15) is 53.8 Å². The number of carboxylic acids is 1. The number of hydrogen-bond acceptors (Lipinski definition) is 5. The molecule has 1 aromatic carbocycles. The van der Waals surface area contributed by atoms with E-state index in [1.165, 1.54) is 13.2 Å². The quantitative estimate of drug-likeness (QED) is 0.406. The molecule has 3 rings (SSSR count). The summed E-state index contributed by atoms with van der Waals surface area (Å²) in [4.78, 5) is 27.0. The molecule has 0 saturated carbocycles. The summed E-state index contributed by atoms with van der Waals surface area (Å²) >= 11 is 6.34. The lowest BCUT2D eigenvalue weighted by Gasteiger charge is -2.21. The third-order valence-corrected chi connectivity index (χ3v) is 6.12. The third kappa shape index (κ3) is 6.66. The van der Waals surface area contributed by atoms with Crippen molar-refractivity contribution in [2.45, 2.75) is 38.4 Å². The van der Waals surface area contributed by atoms with E-state index < -0.39 is 23.9 Å². The molecule has 0 bridgehead atoms. The van der Waals surface area contributed by atoms with Crippen LogP contribution in [0.4, 0.5) is 18.9 Å². The van der Waals surface area contributed by atoms with Gasteiger partial charge in [0, 0.05) is 17.7 Å². The Bertz CT molecular complexity index is 1140. The Labute approximate surface area is 205 Å². The van der Waals surface area contributed by atoms with Crippen LogP contribution in [0.3, 0.4) is 0 Å². The van der Waals surface area contributed by atoms with Crippen LogP contribution in [0, 0.1) is 5.92 Å². The zero-order valence-corrected chi connectivity index (χ0v) is 19.8. The molecule has 1 aliphatic rings. The second-order valence-electron chi connectivity index (χ2n) is 8.22. The maximum Gasteiger partial charge on any atom is 0.433 e. The Hall–Kier alpha value is -3.27. The van der Waals surface area contributed by atoms with Crippen molar-refractivity contribution in [1.82, 2.24) is 10.3 Å². The first kappa shape index (κ1) is 26.3. The monoisotopic (exact) mass is 511 g/mol. The maximum absolute atomic E-state index is 13.1. The van der Waals surface area contributed by atoms with E-state index in [0.717, 1.165) is 17.8 Å². The molecular formula is C24H25ClF3N3O4. The van der Waals surface area contributed by atoms with Crippen molar-refractivity contribution < 1.29 is 32.6 Å². The van der Waals surface area contributed by atoms with Gasteiger partial charge in [-0.1, -0.05) is 23.3 Å². The number of nitrogens with one attached hydrogen (secondary N) is 2. The molecule has 1 heterocycles. The molecule has 1 amide bonds. The molecule has 0 saturated heterocycles. The molecule has 0 radical (unpaired) electrons. The highest BCUT2D eigenvalue weighted by Crippen LogP contribution is 2.35. The fourth-order valence-electron chi connectivity index (χ4n) is 3.78. The number of alkyl halides is 3. The predicted molar refractivity (Wildman–Crippen MR) is 125 cm³/mol. The largest absolute Gasteiger partial charge is 0.495 e. The zero-order valence-electron chi connectivity index (χ0n) is 19.1. The smallest absolute Gasteiger partial charge is 0.433 e. The van der Waals surface area contributed by atoms with Crippen molar-refractivity contribution in [3.63, 3.8) is 0 Å². The van der Waals surface area contributed by atoms with E-state index >= 15 is 0 Å². The second-order valence-corrected chi connectivity index (χ2v) is 8.63. The van der Waals surface area contributed by atoms with Gasteiger partial charge in [0.15, 0.2) is 0 Å². The van der Waals surface area contributed by atoms with Crippen LogP contribution in [0.2, 0.25) is 5.02 Å². The number of halogens is 4. The summed E-state index contributed by atoms with van der Waals surface area (Å²) in [6.07, 6.45) is -0.144. The van der Waals surface area contributed by atoms with Gasteiger partial charge >= 0.3 is 12.1 Å². The minimum Gasteiger partial charge on any atom is -0.495 e. The fraction of sp³-hybridized carbons (Fsp3) is 0.375. The number of ether oxygens (including phenoxy) is 1. The van der Waals surface area contributed by atoms with Gasteiger partial charge in [-0.05, 0) is 50.5 Å². The van der Waals surface area contributed by atoms with Crippen LogP contribution in [-0.2, 0) is 11.0 Å². The van der Waals surface area contributed by atoms with E-state index in [0.29, 0.717) is 37.1 Å². The molecule has 0 spiro atoms. The molecule has 3 N–H and O–H groups in total. The van der Waals surface area contributed by atoms with E-state index in [-0.39, 0.29) is 28.2 Å². The minimum absolute atomic E-state index is 0.191. The summed E-state index contributed by atoms with van der Waals surface area (Å²) in [5.74, 6) is -1.36. The normalized spacial score (nSPS) is 16.7. The number of carboxylic acid groups (broad SMARTS) is 1. The van der Waals surface area contributed by atoms with Crippen LogP contribution in [-0.4, -0.2) is 35.6 Å². The molecule has 0 fully saturated rings. The van der Waals surface area contributed by atoms with E-state index in [2.05, 4.69) is 15.6 Å². The number of methoxy groups -OCH3 is 1. The topological polar surface area (TPSA) is 101 Å². The summed E-state index contributed by atoms with van der Waals surface area (Å²) in [7, 11) is 1.34. The molecule has 1 aromatic heterocycles. The molecule has 35 heavy (non-hydrogen) atoms. The molecule has 2 aromatic rings. The van der Waals surface area contributed by atoms with E-state index in [4.69, 9.17) is 21.4 Å². The Morgan fingerprint density at radius 2 is 2.06 bits per heavy atom. The summed E-state index contributed by atoms with van der Waals surface area (Å²) in [5, 5.41) is 15.1. The first-order chi connectivity index (χ1) is 16.5. The number of rotatable bonds is 8. The Morgan fingerprint density at radius 1 is 1.31 bits per heavy atom. The van der Waals surface area contributed by atoms with Crippen LogP contribution < -0.4 is 15.4 Å². The summed E-state index contributed by atoms with van der Waals surface area (Å²) in [6.45, 7) is 1.96. The van der Waals surface area contributed by atoms with Gasteiger partial charge in [0.25, 0.3) is 5.91 Å². The number of nitrogens with zero attached hydrogens (tertiary/aromatic N) is 1. The standard InChI is InChI=1S/C24H25ClF3N3O4/c1-13(17-10-21(24(26,27)28)29-12-20(17)35-2)31-19-8-7-16(9-18(19)25)22(32)30-11-14-3-5-15(6-4-14)23(33)34/h3,7-10,12-13,15,31H,4-6,11H2,1-2H3,(H,30,32)(H,33,34)/t13-,15?/m0/s1. The summed E-state index contributed by atoms with van der Waals surface area (Å²) in [5.41, 5.74) is 0.926. The van der Waals surface area contributed by atoms with Crippen LogP contribution in [0.5, 0.6) is 5.75 Å². The van der Waals surface area contributed by atoms with Crippen LogP contribution >= 0.6 is 11.6 Å². The van der Waals surface area contributed by atoms with Crippen molar-refractivity contribution in [2.75, 3.05) is 19.0 Å². The van der Waals surface area contributed by atoms with Gasteiger partial charge < -0.3 is 20.5 Å². The second kappa shape index (κ2) is 11.0. The number of carbonyl (C=O) groups is 2. The Balaban J connectivity index is 1.66. The number of anilines is 1. The van der Waals surface area contributed by atoms with Gasteiger partial charge in [0.2, 0.25) is 0 Å². The van der Waals surface area contributed by atoms with Crippen molar-refractivity contribution >= 4 is 29.2 Å². The predicted octanol–water partition coefficient (Wildman–Crippen LogP) is 5.48. The molecule has 188 valence electrons. The number of pyridine rings is 1. The minimum atomic E-state index is -4.60. The molecule has 1 unspecified atom stereocenters. The van der Waals surface area contributed by atoms with Gasteiger partial charge in [-0.3, -0.25) is 9.59 Å². The number of carbonyl (C=O) groups excluding carboxylic acids is 1. The lowest BCUT2D eigenvalue weighted by Crippen LogP contribution is -2.27. The molecule has 0 aliphatic heterocycles. The van der Waals surface area contributed by atoms with E-state index in [9.17, 15) is 22.8 Å². The van der Waals surface area contributed by atoms with Gasteiger partial charge in [-0.15, -0.1) is 0 Å². The number of aromatic nitrogens is 1. The lowest BCUT2D eigenvalue weighted by atomic mass is 9.89. The Morgan fingerprint density at radius 3 is 2.63 bits per heavy atom. The number of allylic oxidation sites excluding steroid dienone is 1. The van der Waals surface area contributed by atoms with Crippen LogP contribution in [0.25, 0.3) is 0 Å². The van der Waals surface area contributed by atoms with Crippen molar-refractivity contribution in [2.24, 2.45) is 5.92 Å². The van der Waals surface area contributed by atoms with Gasteiger partial charge in [-0.25, -0.2) is 4.98 Å². The first-order valence-electron chi connectivity index (χ1n) is 10.9. The number of amides is 1. The highest BCUT2D eigenvalue weighted by atomic mass is 35.5. The molecule has 1 aliphatic carbocycles. The Kier molecular flexibility index (Phi) is 8.26. The molecular weight excluding hydrogens is 487 g/mol. The molecule has 2 atom stereocenters. The fourth-order valence-corrected chi connectivity index (χ4v) is 4.01. The van der Waals surface area contributed by atoms with Gasteiger partial charge in [0.1, 0.15) is 11.4 Å². The van der Waals surface area contributed by atoms with Crippen molar-refractivity contribution in [1.29, 1.82) is 0 Å². The van der Waals surface area contributed by atoms with Crippen molar-refractivity contribution in [3.05, 3.63) is 64.0 Å². The maximum atomic E-state index is 13.1. The number of benzene rings is 1. The van der Waals surface area contributed by atoms with Gasteiger partial charge in [-0.2, -0.15) is 13.2 Å². The SMILES string of the molecule is COc1cnc(C(F)(F)F)cc1[C@H](C)Nc1ccc(C(=O)NCC2=CCC(C(=O)O)CC2)cc1Cl. The molecule has 7 nitrogen and oxygen atoms in total. The first-order valence-corrected chi connectivity index (χ1v) is 11.2. The van der Waals surface area contributed by atoms with Crippen LogP contribution in [0.15, 0.2) is 42.1 Å². The number of hydrogen-bond donors (Lipinski definition) is 3. The average Bonchev–Trinajstić information content (AvgIpc) is 2.82. The lowest BCUT2D eigenvalue weighted by molar-refractivity contribution is -0.142. The zero-order chi connectivity index (χ0) is 25.8. The van der Waals surface area contributed by atoms with Gasteiger partial charge in [0.05, 0.1) is 36.0 Å². The highest BCUT2D eigenvalue weighted by Gasteiger charge is 2.33. The molecule has 11 heteroatoms. The van der Waals surface area contributed by atoms with E-state index in [1.807, 2.05) is 6.08 Å². The summed E-state index contributed by atoms with van der Waals surface area (Å²) in [6, 6.07) is 4.90. The van der Waals surface area contributed by atoms with Crippen molar-refractivity contribution in [3.8, 4) is 5.75 Å². The average molecular weight is 512 g/mol. The van der Waals surface area contributed by atoms with E-state index in [1.54, 1.807) is 19.1 Å². The summed E-state index contributed by atoms with van der Waals surface area (Å²) < 4.78 is 44.5. The number of aliphatic carboxylic acids is 1. The third-order valence-electron chi connectivity index (χ3n) is 5.81.